The normalized spacial score (nSPS) is 22.2. The van der Waals surface area contributed by atoms with Gasteiger partial charge in [0.25, 0.3) is 0 Å². The predicted octanol–water partition coefficient (Wildman–Crippen LogP) is 0.800. The van der Waals surface area contributed by atoms with Gasteiger partial charge in [-0.05, 0) is 58.1 Å². The zero-order chi connectivity index (χ0) is 21.5. The van der Waals surface area contributed by atoms with Crippen molar-refractivity contribution in [1.82, 2.24) is 10.2 Å². The first-order valence-electron chi connectivity index (χ1n) is 10.2. The molecule has 0 aromatic heterocycles. The van der Waals surface area contributed by atoms with Crippen LogP contribution < -0.4 is 22.5 Å². The zero-order valence-corrected chi connectivity index (χ0v) is 17.4. The third kappa shape index (κ3) is 5.13. The van der Waals surface area contributed by atoms with Crippen LogP contribution in [-0.4, -0.2) is 47.8 Å². The highest BCUT2D eigenvalue weighted by atomic mass is 16.2. The highest BCUT2D eigenvalue weighted by Gasteiger charge is 2.50. The number of benzene rings is 1. The van der Waals surface area contributed by atoms with Crippen molar-refractivity contribution in [3.63, 3.8) is 0 Å². The number of carbonyl (C=O) groups excluding carboxylic acids is 2. The first-order valence-corrected chi connectivity index (χ1v) is 10.2. The molecular weight excluding hydrogens is 368 g/mol. The first-order chi connectivity index (χ1) is 13.8. The van der Waals surface area contributed by atoms with Crippen LogP contribution in [0.25, 0.3) is 0 Å². The van der Waals surface area contributed by atoms with Gasteiger partial charge in [-0.2, -0.15) is 0 Å². The Balaban J connectivity index is 2.57. The van der Waals surface area contributed by atoms with Crippen molar-refractivity contribution in [3.05, 3.63) is 35.9 Å². The first kappa shape index (κ1) is 22.8. The molecule has 1 amide bonds. The summed E-state index contributed by atoms with van der Waals surface area (Å²) in [7, 11) is 0. The van der Waals surface area contributed by atoms with E-state index >= 15 is 0 Å². The second-order valence-electron chi connectivity index (χ2n) is 7.94. The van der Waals surface area contributed by atoms with Gasteiger partial charge in [0.05, 0.1) is 11.7 Å². The molecule has 3 atom stereocenters. The van der Waals surface area contributed by atoms with E-state index in [9.17, 15) is 9.59 Å². The monoisotopic (exact) mass is 402 g/mol. The molecule has 0 radical (unpaired) electrons. The Morgan fingerprint density at radius 3 is 2.55 bits per heavy atom. The van der Waals surface area contributed by atoms with Crippen LogP contribution in [0.3, 0.4) is 0 Å². The average Bonchev–Trinajstić information content (AvgIpc) is 2.70. The molecule has 0 spiro atoms. The summed E-state index contributed by atoms with van der Waals surface area (Å²) in [5.41, 5.74) is 15.8. The summed E-state index contributed by atoms with van der Waals surface area (Å²) < 4.78 is 0. The molecule has 1 aromatic rings. The second kappa shape index (κ2) is 9.84. The molecule has 1 heterocycles. The molecule has 1 unspecified atom stereocenters. The summed E-state index contributed by atoms with van der Waals surface area (Å²) >= 11 is 0. The number of amides is 1. The van der Waals surface area contributed by atoms with Crippen molar-refractivity contribution in [2.75, 3.05) is 13.1 Å². The molecule has 1 aromatic carbocycles. The fourth-order valence-corrected chi connectivity index (χ4v) is 4.16. The van der Waals surface area contributed by atoms with E-state index in [1.54, 1.807) is 11.8 Å². The summed E-state index contributed by atoms with van der Waals surface area (Å²) in [6.07, 6.45) is 4.52. The molecule has 2 rings (SSSR count). The molecule has 1 aliphatic heterocycles. The van der Waals surface area contributed by atoms with Gasteiger partial charge in [0, 0.05) is 6.54 Å². The molecule has 0 bridgehead atoms. The van der Waals surface area contributed by atoms with Gasteiger partial charge >= 0.3 is 0 Å². The lowest BCUT2D eigenvalue weighted by Crippen LogP contribution is -2.69. The summed E-state index contributed by atoms with van der Waals surface area (Å²) in [6, 6.07) is 8.64. The van der Waals surface area contributed by atoms with E-state index in [0.717, 1.165) is 37.7 Å². The molecule has 29 heavy (non-hydrogen) atoms. The Kier molecular flexibility index (Phi) is 7.75. The minimum Gasteiger partial charge on any atom is -0.370 e. The van der Waals surface area contributed by atoms with Crippen molar-refractivity contribution >= 4 is 18.2 Å². The fraction of sp³-hybridized carbons (Fsp3) is 0.571. The van der Waals surface area contributed by atoms with Gasteiger partial charge in [0.15, 0.2) is 5.96 Å². The molecule has 1 aliphatic rings. The molecule has 7 N–H and O–H groups in total. The van der Waals surface area contributed by atoms with Crippen LogP contribution in [0.1, 0.15) is 51.5 Å². The number of piperidine rings is 1. The van der Waals surface area contributed by atoms with Crippen LogP contribution in [0.4, 0.5) is 0 Å². The summed E-state index contributed by atoms with van der Waals surface area (Å²) in [6.45, 7) is 4.78. The Hall–Kier alpha value is -2.45. The van der Waals surface area contributed by atoms with Crippen LogP contribution in [-0.2, 0) is 15.1 Å². The average molecular weight is 403 g/mol. The number of nitrogens with two attached hydrogens (primary N) is 3. The Labute approximate surface area is 172 Å². The van der Waals surface area contributed by atoms with Gasteiger partial charge in [0.1, 0.15) is 11.8 Å². The third-order valence-electron chi connectivity index (χ3n) is 5.58. The Bertz CT molecular complexity index is 711. The van der Waals surface area contributed by atoms with Gasteiger partial charge in [-0.15, -0.1) is 0 Å². The number of hydrogen-bond acceptors (Lipinski definition) is 5. The molecule has 160 valence electrons. The summed E-state index contributed by atoms with van der Waals surface area (Å²) in [5, 5.41) is 3.47. The molecule has 1 saturated heterocycles. The number of rotatable bonds is 9. The van der Waals surface area contributed by atoms with E-state index in [-0.39, 0.29) is 11.9 Å². The zero-order valence-electron chi connectivity index (χ0n) is 17.4. The minimum atomic E-state index is -1.18. The SMILES string of the molecule is C[C@H](N)C(=O)N(C1(C)CCCCN1)[C@](C=O)(CCCN=C(N)N)c1ccccc1. The second-order valence-corrected chi connectivity index (χ2v) is 7.94. The fourth-order valence-electron chi connectivity index (χ4n) is 4.16. The number of aldehydes is 1. The highest BCUT2D eigenvalue weighted by molar-refractivity contribution is 5.87. The van der Waals surface area contributed by atoms with Crippen LogP contribution in [0.2, 0.25) is 0 Å². The van der Waals surface area contributed by atoms with Crippen molar-refractivity contribution in [2.45, 2.75) is 63.2 Å². The number of guanidine groups is 1. The molecule has 8 heteroatoms. The topological polar surface area (TPSA) is 140 Å². The van der Waals surface area contributed by atoms with Crippen molar-refractivity contribution in [1.29, 1.82) is 0 Å². The van der Waals surface area contributed by atoms with Gasteiger partial charge in [0.2, 0.25) is 5.91 Å². The maximum absolute atomic E-state index is 13.4. The van der Waals surface area contributed by atoms with Crippen LogP contribution >= 0.6 is 0 Å². The quantitative estimate of drug-likeness (QED) is 0.208. The minimum absolute atomic E-state index is 0.00540. The lowest BCUT2D eigenvalue weighted by Gasteiger charge is -2.53. The summed E-state index contributed by atoms with van der Waals surface area (Å²) in [4.78, 5) is 31.9. The number of carbonyl (C=O) groups is 2. The largest absolute Gasteiger partial charge is 0.370 e. The van der Waals surface area contributed by atoms with E-state index in [0.29, 0.717) is 19.4 Å². The van der Waals surface area contributed by atoms with Crippen LogP contribution in [0.15, 0.2) is 35.3 Å². The van der Waals surface area contributed by atoms with Gasteiger partial charge in [-0.1, -0.05) is 30.3 Å². The van der Waals surface area contributed by atoms with Gasteiger partial charge in [-0.25, -0.2) is 0 Å². The molecular formula is C21H34N6O2. The van der Waals surface area contributed by atoms with E-state index in [2.05, 4.69) is 10.3 Å². The number of nitrogens with zero attached hydrogens (tertiary/aromatic N) is 2. The predicted molar refractivity (Wildman–Crippen MR) is 115 cm³/mol. The maximum Gasteiger partial charge on any atom is 0.241 e. The molecule has 0 aliphatic carbocycles. The smallest absolute Gasteiger partial charge is 0.241 e. The van der Waals surface area contributed by atoms with E-state index in [1.165, 1.54) is 0 Å². The maximum atomic E-state index is 13.4. The van der Waals surface area contributed by atoms with Gasteiger partial charge in [-0.3, -0.25) is 15.1 Å². The number of aliphatic imine (C=N–C) groups is 1. The van der Waals surface area contributed by atoms with E-state index in [4.69, 9.17) is 17.2 Å². The molecule has 1 fully saturated rings. The Morgan fingerprint density at radius 1 is 1.34 bits per heavy atom. The number of hydrogen-bond donors (Lipinski definition) is 4. The van der Waals surface area contributed by atoms with E-state index in [1.807, 2.05) is 37.3 Å². The van der Waals surface area contributed by atoms with Crippen molar-refractivity contribution in [3.8, 4) is 0 Å². The standard InChI is InChI=1S/C21H34N6O2/c1-16(22)18(29)27(20(2)11-6-7-14-26-20)21(15-28,12-8-13-25-19(23)24)17-9-4-3-5-10-17/h3-5,9-10,15-16,26H,6-8,11-14,22H2,1-2H3,(H4,23,24,25)/t16-,20?,21-/m0/s1. The number of nitrogens with one attached hydrogen (secondary N) is 1. The Morgan fingerprint density at radius 2 is 2.03 bits per heavy atom. The van der Waals surface area contributed by atoms with Crippen LogP contribution in [0.5, 0.6) is 0 Å². The third-order valence-corrected chi connectivity index (χ3v) is 5.58. The lowest BCUT2D eigenvalue weighted by atomic mass is 9.80. The lowest BCUT2D eigenvalue weighted by molar-refractivity contribution is -0.158. The summed E-state index contributed by atoms with van der Waals surface area (Å²) in [5.74, 6) is -0.259. The molecule has 0 saturated carbocycles. The van der Waals surface area contributed by atoms with Crippen LogP contribution in [0, 0.1) is 0 Å². The highest BCUT2D eigenvalue weighted by Crippen LogP contribution is 2.39. The van der Waals surface area contributed by atoms with Gasteiger partial charge < -0.3 is 26.9 Å². The van der Waals surface area contributed by atoms with Crippen molar-refractivity contribution in [2.24, 2.45) is 22.2 Å². The molecule has 8 nitrogen and oxygen atoms in total. The van der Waals surface area contributed by atoms with E-state index < -0.39 is 17.2 Å². The van der Waals surface area contributed by atoms with Crippen molar-refractivity contribution < 1.29 is 9.59 Å².